The molecule has 37 heavy (non-hydrogen) atoms. The zero-order chi connectivity index (χ0) is 27.4. The molecular formula is C27H30F3N3O4. The summed E-state index contributed by atoms with van der Waals surface area (Å²) >= 11 is 0. The van der Waals surface area contributed by atoms with Gasteiger partial charge in [0.15, 0.2) is 0 Å². The molecule has 7 nitrogen and oxygen atoms in total. The fraction of sp³-hybridized carbons (Fsp3) is 0.407. The van der Waals surface area contributed by atoms with Crippen LogP contribution < -0.4 is 10.5 Å². The van der Waals surface area contributed by atoms with Crippen molar-refractivity contribution >= 4 is 5.91 Å². The lowest BCUT2D eigenvalue weighted by Crippen LogP contribution is -2.41. The highest BCUT2D eigenvalue weighted by Gasteiger charge is 2.61. The van der Waals surface area contributed by atoms with Gasteiger partial charge in [-0.05, 0) is 56.0 Å². The number of fused-ring (bicyclic) bond motifs is 3. The fourth-order valence-corrected chi connectivity index (χ4v) is 4.42. The molecule has 0 fully saturated rings. The van der Waals surface area contributed by atoms with Gasteiger partial charge in [0, 0.05) is 29.3 Å². The number of aromatic nitrogens is 2. The lowest BCUT2D eigenvalue weighted by Gasteiger charge is -2.29. The fourth-order valence-electron chi connectivity index (χ4n) is 4.42. The zero-order valence-corrected chi connectivity index (χ0v) is 21.1. The molecule has 0 saturated carbocycles. The number of primary amides is 1. The minimum Gasteiger partial charge on any atom is -0.493 e. The van der Waals surface area contributed by atoms with Crippen molar-refractivity contribution in [2.75, 3.05) is 6.61 Å². The zero-order valence-electron chi connectivity index (χ0n) is 21.1. The molecule has 1 aliphatic carbocycles. The molecule has 198 valence electrons. The number of nitrogens with zero attached hydrogens (tertiary/aromatic N) is 2. The van der Waals surface area contributed by atoms with Gasteiger partial charge in [-0.15, -0.1) is 0 Å². The molecule has 1 unspecified atom stereocenters. The molecule has 1 amide bonds. The van der Waals surface area contributed by atoms with Crippen molar-refractivity contribution < 1.29 is 32.9 Å². The maximum atomic E-state index is 14.5. The monoisotopic (exact) mass is 517 g/mol. The van der Waals surface area contributed by atoms with E-state index in [-0.39, 0.29) is 41.0 Å². The Morgan fingerprint density at radius 1 is 1.14 bits per heavy atom. The summed E-state index contributed by atoms with van der Waals surface area (Å²) < 4.78 is 50.6. The predicted octanol–water partition coefficient (Wildman–Crippen LogP) is 4.48. The Labute approximate surface area is 212 Å². The largest absolute Gasteiger partial charge is 0.493 e. The van der Waals surface area contributed by atoms with Crippen LogP contribution in [0.4, 0.5) is 13.2 Å². The Hall–Kier alpha value is -3.37. The van der Waals surface area contributed by atoms with Gasteiger partial charge in [0.1, 0.15) is 11.3 Å². The smallest absolute Gasteiger partial charge is 0.425 e. The van der Waals surface area contributed by atoms with Gasteiger partial charge in [-0.25, -0.2) is 0 Å². The highest BCUT2D eigenvalue weighted by Crippen LogP contribution is 2.58. The molecule has 0 bridgehead atoms. The van der Waals surface area contributed by atoms with E-state index in [1.165, 1.54) is 41.3 Å². The summed E-state index contributed by atoms with van der Waals surface area (Å²) in [4.78, 5) is 12.0. The first-order valence-electron chi connectivity index (χ1n) is 11.9. The van der Waals surface area contributed by atoms with Crippen LogP contribution in [0.1, 0.15) is 51.7 Å². The van der Waals surface area contributed by atoms with Crippen molar-refractivity contribution in [3.05, 3.63) is 59.9 Å². The van der Waals surface area contributed by atoms with Gasteiger partial charge in [0.2, 0.25) is 11.5 Å². The van der Waals surface area contributed by atoms with Crippen LogP contribution in [0.15, 0.2) is 48.8 Å². The Morgan fingerprint density at radius 3 is 2.43 bits per heavy atom. The number of amides is 1. The van der Waals surface area contributed by atoms with Crippen molar-refractivity contribution in [2.45, 2.75) is 63.5 Å². The number of carbonyl (C=O) groups excluding carboxylic acids is 1. The average Bonchev–Trinajstić information content (AvgIpc) is 3.42. The van der Waals surface area contributed by atoms with E-state index in [1.807, 2.05) is 6.92 Å². The van der Waals surface area contributed by atoms with Crippen LogP contribution in [0, 0.1) is 0 Å². The Kier molecular flexibility index (Phi) is 6.41. The highest BCUT2D eigenvalue weighted by atomic mass is 19.4. The second-order valence-corrected chi connectivity index (χ2v) is 10.2. The minimum absolute atomic E-state index is 0.0461. The summed E-state index contributed by atoms with van der Waals surface area (Å²) in [5, 5.41) is 25.8. The molecule has 1 aliphatic rings. The van der Waals surface area contributed by atoms with Crippen LogP contribution in [0.25, 0.3) is 22.3 Å². The molecule has 3 aromatic rings. The van der Waals surface area contributed by atoms with E-state index in [9.17, 15) is 28.2 Å². The number of nitrogens with two attached hydrogens (primary N) is 1. The van der Waals surface area contributed by atoms with Crippen LogP contribution in [0.2, 0.25) is 0 Å². The van der Waals surface area contributed by atoms with Crippen molar-refractivity contribution in [1.82, 2.24) is 9.78 Å². The van der Waals surface area contributed by atoms with Crippen molar-refractivity contribution in [3.63, 3.8) is 0 Å². The molecule has 0 radical (unpaired) electrons. The quantitative estimate of drug-likeness (QED) is 0.408. The lowest BCUT2D eigenvalue weighted by molar-refractivity contribution is -0.246. The predicted molar refractivity (Wildman–Crippen MR) is 132 cm³/mol. The molecule has 0 spiro atoms. The number of halogens is 3. The van der Waals surface area contributed by atoms with Gasteiger partial charge in [-0.3, -0.25) is 9.48 Å². The van der Waals surface area contributed by atoms with Gasteiger partial charge < -0.3 is 20.7 Å². The van der Waals surface area contributed by atoms with E-state index in [0.29, 0.717) is 17.5 Å². The maximum absolute atomic E-state index is 14.5. The van der Waals surface area contributed by atoms with Gasteiger partial charge in [0.05, 0.1) is 18.4 Å². The summed E-state index contributed by atoms with van der Waals surface area (Å²) in [5.74, 6) is -0.540. The molecule has 2 aromatic carbocycles. The maximum Gasteiger partial charge on any atom is 0.425 e. The number of rotatable bonds is 8. The van der Waals surface area contributed by atoms with Gasteiger partial charge >= 0.3 is 6.18 Å². The van der Waals surface area contributed by atoms with Crippen LogP contribution in [-0.2, 0) is 15.9 Å². The average molecular weight is 518 g/mol. The minimum atomic E-state index is -5.02. The number of carbonyl (C=O) groups is 1. The molecule has 0 saturated heterocycles. The summed E-state index contributed by atoms with van der Waals surface area (Å²) in [6, 6.07) is 8.61. The van der Waals surface area contributed by atoms with Crippen LogP contribution >= 0.6 is 0 Å². The SMILES string of the molecule is CCC(C)(O)CCOc1cc(-c2cnn(C(C)(C)C(N)=O)c2)c2c(c1)[C@@](O)(C(F)(F)F)c1ccccc1-2. The Morgan fingerprint density at radius 2 is 1.81 bits per heavy atom. The second kappa shape index (κ2) is 8.88. The summed E-state index contributed by atoms with van der Waals surface area (Å²) in [6.07, 6.45) is -1.33. The third-order valence-electron chi connectivity index (χ3n) is 7.24. The third-order valence-corrected chi connectivity index (χ3v) is 7.24. The van der Waals surface area contributed by atoms with Crippen LogP contribution in [0.5, 0.6) is 5.75 Å². The number of hydrogen-bond acceptors (Lipinski definition) is 5. The molecule has 1 aromatic heterocycles. The molecule has 0 aliphatic heterocycles. The summed E-state index contributed by atoms with van der Waals surface area (Å²) in [5.41, 5.74) is 0.606. The second-order valence-electron chi connectivity index (χ2n) is 10.2. The standard InChI is InChI=1S/C27H30F3N3O4/c1-5-25(4,35)10-11-37-17-12-19(16-14-32-33(15-16)24(2,3)23(31)34)22-18-8-6-7-9-20(18)26(36,21(22)13-17)27(28,29)30/h6-9,12-15,35-36H,5,10-11H2,1-4H3,(H2,31,34)/t25?,26-/m1/s1. The number of alkyl halides is 3. The first-order valence-corrected chi connectivity index (χ1v) is 11.9. The molecule has 4 N–H and O–H groups in total. The number of benzene rings is 2. The summed E-state index contributed by atoms with van der Waals surface area (Å²) in [6.45, 7) is 6.67. The van der Waals surface area contributed by atoms with E-state index >= 15 is 0 Å². The van der Waals surface area contributed by atoms with Crippen molar-refractivity contribution in [2.24, 2.45) is 5.73 Å². The topological polar surface area (TPSA) is 111 Å². The van der Waals surface area contributed by atoms with E-state index in [4.69, 9.17) is 10.5 Å². The summed E-state index contributed by atoms with van der Waals surface area (Å²) in [7, 11) is 0. The first kappa shape index (κ1) is 26.7. The first-order chi connectivity index (χ1) is 17.1. The normalized spacial score (nSPS) is 18.7. The van der Waals surface area contributed by atoms with Crippen LogP contribution in [0.3, 0.4) is 0 Å². The Bertz CT molecular complexity index is 1350. The van der Waals surface area contributed by atoms with Gasteiger partial charge in [-0.2, -0.15) is 18.3 Å². The number of hydrogen-bond donors (Lipinski definition) is 3. The lowest BCUT2D eigenvalue weighted by atomic mass is 9.89. The van der Waals surface area contributed by atoms with E-state index in [2.05, 4.69) is 5.10 Å². The number of ether oxygens (including phenoxy) is 1. The molecule has 1 heterocycles. The molecule has 10 heteroatoms. The van der Waals surface area contributed by atoms with Crippen LogP contribution in [-0.4, -0.2) is 44.3 Å². The van der Waals surface area contributed by atoms with E-state index in [1.54, 1.807) is 32.9 Å². The molecular weight excluding hydrogens is 487 g/mol. The van der Waals surface area contributed by atoms with E-state index < -0.39 is 28.8 Å². The molecule has 4 rings (SSSR count). The van der Waals surface area contributed by atoms with Gasteiger partial charge in [-0.1, -0.05) is 31.2 Å². The van der Waals surface area contributed by atoms with Gasteiger partial charge in [0.25, 0.3) is 0 Å². The third kappa shape index (κ3) is 4.38. The van der Waals surface area contributed by atoms with Crippen molar-refractivity contribution in [1.29, 1.82) is 0 Å². The Balaban J connectivity index is 1.93. The highest BCUT2D eigenvalue weighted by molar-refractivity contribution is 5.93. The van der Waals surface area contributed by atoms with E-state index in [0.717, 1.165) is 0 Å². The number of aliphatic hydroxyl groups is 2. The van der Waals surface area contributed by atoms with Crippen molar-refractivity contribution in [3.8, 4) is 28.0 Å². The molecule has 2 atom stereocenters.